The first kappa shape index (κ1) is 12.0. The lowest BCUT2D eigenvalue weighted by atomic mass is 10.1. The number of rotatable bonds is 3. The Kier molecular flexibility index (Phi) is 3.91. The Labute approximate surface area is 101 Å². The van der Waals surface area contributed by atoms with Gasteiger partial charge in [0.05, 0.1) is 6.04 Å². The van der Waals surface area contributed by atoms with Gasteiger partial charge in [-0.2, -0.15) is 0 Å². The molecule has 0 bridgehead atoms. The Morgan fingerprint density at radius 1 is 1.62 bits per heavy atom. The molecule has 1 aromatic heterocycles. The lowest BCUT2D eigenvalue weighted by Crippen LogP contribution is -2.55. The van der Waals surface area contributed by atoms with Crippen molar-refractivity contribution in [2.24, 2.45) is 5.73 Å². The largest absolute Gasteiger partial charge is 0.329 e. The van der Waals surface area contributed by atoms with Gasteiger partial charge in [-0.25, -0.2) is 4.98 Å². The van der Waals surface area contributed by atoms with Crippen molar-refractivity contribution in [1.29, 1.82) is 0 Å². The van der Waals surface area contributed by atoms with Gasteiger partial charge < -0.3 is 10.6 Å². The van der Waals surface area contributed by atoms with Crippen molar-refractivity contribution < 1.29 is 0 Å². The Balaban J connectivity index is 2.07. The van der Waals surface area contributed by atoms with E-state index in [-0.39, 0.29) is 0 Å². The minimum atomic E-state index is 0.391. The first-order valence-electron chi connectivity index (χ1n) is 5.76. The highest BCUT2D eigenvalue weighted by molar-refractivity contribution is 7.09. The highest BCUT2D eigenvalue weighted by atomic mass is 32.1. The third kappa shape index (κ3) is 2.43. The summed E-state index contributed by atoms with van der Waals surface area (Å²) in [5.74, 6) is 0. The molecule has 2 unspecified atom stereocenters. The molecule has 1 fully saturated rings. The molecule has 0 aromatic carbocycles. The summed E-state index contributed by atoms with van der Waals surface area (Å²) in [5.41, 5.74) is 5.86. The predicted molar refractivity (Wildman–Crippen MR) is 67.6 cm³/mol. The van der Waals surface area contributed by atoms with E-state index in [1.807, 2.05) is 11.6 Å². The lowest BCUT2D eigenvalue weighted by Gasteiger charge is -2.42. The summed E-state index contributed by atoms with van der Waals surface area (Å²) in [5, 5.41) is 3.24. The molecule has 1 aliphatic heterocycles. The van der Waals surface area contributed by atoms with Gasteiger partial charge in [0.2, 0.25) is 0 Å². The molecule has 4 nitrogen and oxygen atoms in total. The lowest BCUT2D eigenvalue weighted by molar-refractivity contribution is 0.0620. The van der Waals surface area contributed by atoms with Gasteiger partial charge in [0, 0.05) is 43.8 Å². The molecular weight excluding hydrogens is 220 g/mol. The summed E-state index contributed by atoms with van der Waals surface area (Å²) >= 11 is 1.73. The summed E-state index contributed by atoms with van der Waals surface area (Å²) in [7, 11) is 2.16. The molecule has 16 heavy (non-hydrogen) atoms. The van der Waals surface area contributed by atoms with Gasteiger partial charge in [-0.1, -0.05) is 0 Å². The first-order chi connectivity index (χ1) is 7.72. The second-order valence-corrected chi connectivity index (χ2v) is 5.36. The zero-order valence-corrected chi connectivity index (χ0v) is 10.8. The summed E-state index contributed by atoms with van der Waals surface area (Å²) in [6.07, 6.45) is 1.88. The fraction of sp³-hybridized carbons (Fsp3) is 0.727. The molecule has 2 atom stereocenters. The van der Waals surface area contributed by atoms with Crippen molar-refractivity contribution in [3.63, 3.8) is 0 Å². The zero-order chi connectivity index (χ0) is 11.5. The van der Waals surface area contributed by atoms with Gasteiger partial charge in [-0.15, -0.1) is 11.3 Å². The number of nitrogens with two attached hydrogens (primary N) is 1. The Bertz CT molecular complexity index is 314. The number of hydrogen-bond acceptors (Lipinski definition) is 5. The van der Waals surface area contributed by atoms with Crippen molar-refractivity contribution in [2.75, 3.05) is 33.2 Å². The van der Waals surface area contributed by atoms with Gasteiger partial charge in [-0.05, 0) is 14.0 Å². The van der Waals surface area contributed by atoms with Crippen LogP contribution in [0.25, 0.3) is 0 Å². The summed E-state index contributed by atoms with van der Waals surface area (Å²) in [6.45, 7) is 6.21. The summed E-state index contributed by atoms with van der Waals surface area (Å²) in [6, 6.07) is 0.847. The molecule has 0 spiro atoms. The number of piperazine rings is 1. The number of nitrogens with zero attached hydrogens (tertiary/aromatic N) is 3. The Hall–Kier alpha value is -0.490. The summed E-state index contributed by atoms with van der Waals surface area (Å²) < 4.78 is 0. The van der Waals surface area contributed by atoms with E-state index in [0.717, 1.165) is 26.2 Å². The second kappa shape index (κ2) is 5.23. The minimum Gasteiger partial charge on any atom is -0.329 e. The highest BCUT2D eigenvalue weighted by Gasteiger charge is 2.29. The minimum absolute atomic E-state index is 0.391. The van der Waals surface area contributed by atoms with Crippen LogP contribution < -0.4 is 5.73 Å². The van der Waals surface area contributed by atoms with E-state index in [0.29, 0.717) is 12.1 Å². The maximum atomic E-state index is 5.86. The molecule has 2 rings (SSSR count). The second-order valence-electron chi connectivity index (χ2n) is 4.44. The van der Waals surface area contributed by atoms with Crippen molar-refractivity contribution in [1.82, 2.24) is 14.8 Å². The Morgan fingerprint density at radius 3 is 3.06 bits per heavy atom. The van der Waals surface area contributed by atoms with Crippen LogP contribution in [0.15, 0.2) is 11.6 Å². The summed E-state index contributed by atoms with van der Waals surface area (Å²) in [4.78, 5) is 9.24. The van der Waals surface area contributed by atoms with Crippen LogP contribution >= 0.6 is 11.3 Å². The molecule has 1 aromatic rings. The molecule has 1 aliphatic rings. The normalized spacial score (nSPS) is 25.8. The molecule has 5 heteroatoms. The van der Waals surface area contributed by atoms with Crippen LogP contribution in [0.1, 0.15) is 18.0 Å². The number of aromatic nitrogens is 1. The van der Waals surface area contributed by atoms with Crippen LogP contribution in [-0.4, -0.2) is 54.1 Å². The third-order valence-electron chi connectivity index (χ3n) is 3.31. The van der Waals surface area contributed by atoms with Gasteiger partial charge in [0.1, 0.15) is 5.01 Å². The molecule has 0 amide bonds. The van der Waals surface area contributed by atoms with Crippen LogP contribution in [-0.2, 0) is 0 Å². The van der Waals surface area contributed by atoms with Gasteiger partial charge in [0.25, 0.3) is 0 Å². The predicted octanol–water partition coefficient (Wildman–Crippen LogP) is 0.779. The van der Waals surface area contributed by atoms with Crippen molar-refractivity contribution in [3.8, 4) is 0 Å². The molecule has 2 heterocycles. The van der Waals surface area contributed by atoms with Crippen LogP contribution in [0.4, 0.5) is 0 Å². The fourth-order valence-electron chi connectivity index (χ4n) is 2.33. The van der Waals surface area contributed by atoms with Gasteiger partial charge in [0.15, 0.2) is 0 Å². The number of likely N-dealkylation sites (N-methyl/N-ethyl adjacent to an activating group) is 1. The molecule has 90 valence electrons. The van der Waals surface area contributed by atoms with E-state index in [1.54, 1.807) is 11.3 Å². The van der Waals surface area contributed by atoms with Crippen LogP contribution in [0.3, 0.4) is 0 Å². The number of hydrogen-bond donors (Lipinski definition) is 1. The maximum absolute atomic E-state index is 5.86. The monoisotopic (exact) mass is 240 g/mol. The molecule has 0 aliphatic carbocycles. The van der Waals surface area contributed by atoms with Crippen LogP contribution in [0.5, 0.6) is 0 Å². The van der Waals surface area contributed by atoms with Crippen molar-refractivity contribution >= 4 is 11.3 Å². The zero-order valence-electron chi connectivity index (χ0n) is 9.97. The van der Waals surface area contributed by atoms with E-state index >= 15 is 0 Å². The van der Waals surface area contributed by atoms with E-state index < -0.39 is 0 Å². The van der Waals surface area contributed by atoms with Gasteiger partial charge >= 0.3 is 0 Å². The van der Waals surface area contributed by atoms with Crippen LogP contribution in [0.2, 0.25) is 0 Å². The number of thiazole rings is 1. The smallest absolute Gasteiger partial charge is 0.109 e. The molecule has 1 saturated heterocycles. The SMILES string of the molecule is CC(c1nccs1)N1CCN(C)CC1CN. The molecular formula is C11H20N4S. The molecule has 0 radical (unpaired) electrons. The van der Waals surface area contributed by atoms with Crippen molar-refractivity contribution in [3.05, 3.63) is 16.6 Å². The Morgan fingerprint density at radius 2 is 2.44 bits per heavy atom. The van der Waals surface area contributed by atoms with E-state index in [1.165, 1.54) is 5.01 Å². The van der Waals surface area contributed by atoms with E-state index in [4.69, 9.17) is 5.73 Å². The van der Waals surface area contributed by atoms with E-state index in [9.17, 15) is 0 Å². The maximum Gasteiger partial charge on any atom is 0.109 e. The average molecular weight is 240 g/mol. The van der Waals surface area contributed by atoms with Crippen molar-refractivity contribution in [2.45, 2.75) is 19.0 Å². The average Bonchev–Trinajstić information content (AvgIpc) is 2.81. The van der Waals surface area contributed by atoms with Gasteiger partial charge in [-0.3, -0.25) is 4.90 Å². The van der Waals surface area contributed by atoms with Crippen LogP contribution in [0, 0.1) is 0 Å². The third-order valence-corrected chi connectivity index (χ3v) is 4.26. The first-order valence-corrected chi connectivity index (χ1v) is 6.64. The standard InChI is InChI=1S/C11H20N4S/c1-9(11-13-3-6-16-11)15-5-4-14(2)8-10(15)7-12/h3,6,9-10H,4-5,7-8,12H2,1-2H3. The quantitative estimate of drug-likeness (QED) is 0.848. The van der Waals surface area contributed by atoms with E-state index in [2.05, 4.69) is 28.8 Å². The topological polar surface area (TPSA) is 45.4 Å². The molecule has 2 N–H and O–H groups in total. The fourth-order valence-corrected chi connectivity index (χ4v) is 3.04. The highest BCUT2D eigenvalue weighted by Crippen LogP contribution is 2.25. The molecule has 0 saturated carbocycles.